The van der Waals surface area contributed by atoms with Crippen LogP contribution in [0, 0.1) is 5.92 Å². The molecule has 0 radical (unpaired) electrons. The third-order valence-electron chi connectivity index (χ3n) is 5.90. The largest absolute Gasteiger partial charge is 0.454 e. The van der Waals surface area contributed by atoms with Crippen molar-refractivity contribution in [3.63, 3.8) is 0 Å². The van der Waals surface area contributed by atoms with Gasteiger partial charge in [0.2, 0.25) is 18.6 Å². The van der Waals surface area contributed by atoms with Crippen LogP contribution in [0.5, 0.6) is 11.5 Å². The predicted molar refractivity (Wildman–Crippen MR) is 118 cm³/mol. The van der Waals surface area contributed by atoms with Gasteiger partial charge in [-0.2, -0.15) is 0 Å². The summed E-state index contributed by atoms with van der Waals surface area (Å²) in [5.41, 5.74) is 2.65. The molecule has 2 atom stereocenters. The lowest BCUT2D eigenvalue weighted by Gasteiger charge is -2.19. The number of nitrogens with zero attached hydrogens (tertiary/aromatic N) is 2. The van der Waals surface area contributed by atoms with Crippen LogP contribution in [0.25, 0.3) is 11.3 Å². The van der Waals surface area contributed by atoms with Crippen LogP contribution < -0.4 is 19.7 Å². The summed E-state index contributed by atoms with van der Waals surface area (Å²) < 4.78 is 10.7. The number of carbonyl (C=O) groups excluding carboxylic acids is 2. The van der Waals surface area contributed by atoms with Gasteiger partial charge in [0.05, 0.1) is 23.9 Å². The molecule has 1 saturated heterocycles. The van der Waals surface area contributed by atoms with Gasteiger partial charge in [-0.25, -0.2) is 4.98 Å². The first-order chi connectivity index (χ1) is 15.6. The molecule has 0 aliphatic carbocycles. The number of carbonyl (C=O) groups is 2. The van der Waals surface area contributed by atoms with E-state index >= 15 is 0 Å². The monoisotopic (exact) mass is 432 g/mol. The van der Waals surface area contributed by atoms with Crippen molar-refractivity contribution in [1.29, 1.82) is 0 Å². The summed E-state index contributed by atoms with van der Waals surface area (Å²) in [4.78, 5) is 35.1. The predicted octanol–water partition coefficient (Wildman–Crippen LogP) is 3.43. The van der Waals surface area contributed by atoms with Gasteiger partial charge in [0.25, 0.3) is 0 Å². The molecular formula is C24H24N4O4. The fourth-order valence-electron chi connectivity index (χ4n) is 4.12. The third kappa shape index (κ3) is 3.79. The Morgan fingerprint density at radius 1 is 1.22 bits per heavy atom. The second-order valence-corrected chi connectivity index (χ2v) is 7.96. The zero-order valence-electron chi connectivity index (χ0n) is 17.7. The van der Waals surface area contributed by atoms with Crippen LogP contribution >= 0.6 is 0 Å². The number of H-pyrrole nitrogens is 1. The average molecular weight is 432 g/mol. The molecule has 2 amide bonds. The Kier molecular flexibility index (Phi) is 5.26. The van der Waals surface area contributed by atoms with Gasteiger partial charge < -0.3 is 24.7 Å². The van der Waals surface area contributed by atoms with E-state index in [0.717, 1.165) is 11.3 Å². The number of hydrogen-bond donors (Lipinski definition) is 2. The minimum atomic E-state index is -0.425. The molecule has 8 heteroatoms. The molecule has 2 aliphatic rings. The maximum Gasteiger partial charge on any atom is 0.231 e. The number of anilines is 1. The van der Waals surface area contributed by atoms with Gasteiger partial charge in [0.15, 0.2) is 11.5 Å². The molecule has 5 rings (SSSR count). The topological polar surface area (TPSA) is 96.6 Å². The van der Waals surface area contributed by atoms with E-state index in [1.54, 1.807) is 23.2 Å². The Morgan fingerprint density at radius 2 is 2.03 bits per heavy atom. The molecule has 3 aromatic rings. The van der Waals surface area contributed by atoms with Crippen LogP contribution in [0.15, 0.2) is 54.7 Å². The molecule has 2 N–H and O–H groups in total. The number of aromatic amines is 1. The highest BCUT2D eigenvalue weighted by Crippen LogP contribution is 2.37. The lowest BCUT2D eigenvalue weighted by molar-refractivity contribution is -0.127. The van der Waals surface area contributed by atoms with Crippen molar-refractivity contribution in [3.8, 4) is 22.8 Å². The van der Waals surface area contributed by atoms with Gasteiger partial charge in [0, 0.05) is 24.7 Å². The molecule has 8 nitrogen and oxygen atoms in total. The lowest BCUT2D eigenvalue weighted by Crippen LogP contribution is -2.35. The Balaban J connectivity index is 1.26. The molecule has 0 saturated carbocycles. The number of benzene rings is 2. The van der Waals surface area contributed by atoms with Crippen molar-refractivity contribution in [2.24, 2.45) is 5.92 Å². The van der Waals surface area contributed by atoms with Crippen LogP contribution in [0.2, 0.25) is 0 Å². The number of hydrogen-bond acceptors (Lipinski definition) is 5. The van der Waals surface area contributed by atoms with E-state index in [9.17, 15) is 9.59 Å². The first kappa shape index (κ1) is 20.1. The summed E-state index contributed by atoms with van der Waals surface area (Å²) in [6.07, 6.45) is 2.63. The van der Waals surface area contributed by atoms with Crippen molar-refractivity contribution in [3.05, 3.63) is 60.6 Å². The van der Waals surface area contributed by atoms with Crippen molar-refractivity contribution in [2.75, 3.05) is 18.2 Å². The number of aromatic nitrogens is 2. The molecule has 164 valence electrons. The highest BCUT2D eigenvalue weighted by atomic mass is 16.7. The molecule has 2 unspecified atom stereocenters. The number of fused-ring (bicyclic) bond motifs is 1. The van der Waals surface area contributed by atoms with Gasteiger partial charge in [-0.1, -0.05) is 37.3 Å². The smallest absolute Gasteiger partial charge is 0.231 e. The Hall–Kier alpha value is -3.81. The highest BCUT2D eigenvalue weighted by molar-refractivity contribution is 6.00. The molecule has 1 fully saturated rings. The van der Waals surface area contributed by atoms with Gasteiger partial charge >= 0.3 is 0 Å². The average Bonchev–Trinajstić information content (AvgIpc) is 3.57. The Morgan fingerprint density at radius 3 is 2.84 bits per heavy atom. The quantitative estimate of drug-likeness (QED) is 0.622. The SMILES string of the molecule is CCC(NC(=O)C1CC(=O)N(c2ccc3c(c2)OCO3)C1)c1ncc(-c2ccccc2)[nH]1. The maximum atomic E-state index is 13.0. The van der Waals surface area contributed by atoms with Crippen molar-refractivity contribution < 1.29 is 19.1 Å². The molecule has 2 aromatic carbocycles. The van der Waals surface area contributed by atoms with E-state index in [0.29, 0.717) is 36.0 Å². The molecule has 1 aromatic heterocycles. The van der Waals surface area contributed by atoms with E-state index in [1.165, 1.54) is 0 Å². The summed E-state index contributed by atoms with van der Waals surface area (Å²) in [5, 5.41) is 3.07. The summed E-state index contributed by atoms with van der Waals surface area (Å²) in [5.74, 6) is 1.32. The number of nitrogens with one attached hydrogen (secondary N) is 2. The first-order valence-corrected chi connectivity index (χ1v) is 10.7. The number of amides is 2. The van der Waals surface area contributed by atoms with E-state index in [-0.39, 0.29) is 31.1 Å². The standard InChI is InChI=1S/C24H24N4O4/c1-2-18(23-25-12-19(26-23)15-6-4-3-5-7-15)27-24(30)16-10-22(29)28(13-16)17-8-9-20-21(11-17)32-14-31-20/h3-9,11-12,16,18H,2,10,13-14H2,1H3,(H,25,26)(H,27,30). The normalized spacial score (nSPS) is 18.1. The second-order valence-electron chi connectivity index (χ2n) is 7.96. The molecule has 32 heavy (non-hydrogen) atoms. The second kappa shape index (κ2) is 8.37. The van der Waals surface area contributed by atoms with Gasteiger partial charge in [-0.3, -0.25) is 9.59 Å². The molecule has 2 aliphatic heterocycles. The minimum absolute atomic E-state index is 0.0820. The Labute approximate surface area is 185 Å². The molecule has 0 bridgehead atoms. The third-order valence-corrected chi connectivity index (χ3v) is 5.90. The zero-order chi connectivity index (χ0) is 22.1. The number of imidazole rings is 1. The summed E-state index contributed by atoms with van der Waals surface area (Å²) >= 11 is 0. The van der Waals surface area contributed by atoms with E-state index in [1.807, 2.05) is 43.3 Å². The van der Waals surface area contributed by atoms with Gasteiger partial charge in [-0.05, 0) is 24.1 Å². The van der Waals surface area contributed by atoms with E-state index < -0.39 is 5.92 Å². The first-order valence-electron chi connectivity index (χ1n) is 10.7. The minimum Gasteiger partial charge on any atom is -0.454 e. The summed E-state index contributed by atoms with van der Waals surface area (Å²) in [6, 6.07) is 15.0. The lowest BCUT2D eigenvalue weighted by atomic mass is 10.1. The van der Waals surface area contributed by atoms with Crippen LogP contribution in [0.1, 0.15) is 31.6 Å². The Bertz CT molecular complexity index is 1140. The zero-order valence-corrected chi connectivity index (χ0v) is 17.7. The molecule has 0 spiro atoms. The van der Waals surface area contributed by atoms with Gasteiger partial charge in [-0.15, -0.1) is 0 Å². The molecular weight excluding hydrogens is 408 g/mol. The van der Waals surface area contributed by atoms with Gasteiger partial charge in [0.1, 0.15) is 5.82 Å². The number of rotatable bonds is 6. The van der Waals surface area contributed by atoms with Crippen molar-refractivity contribution in [2.45, 2.75) is 25.8 Å². The van der Waals surface area contributed by atoms with Crippen LogP contribution in [0.4, 0.5) is 5.69 Å². The van der Waals surface area contributed by atoms with Crippen LogP contribution in [-0.4, -0.2) is 35.1 Å². The molecule has 3 heterocycles. The van der Waals surface area contributed by atoms with Crippen LogP contribution in [-0.2, 0) is 9.59 Å². The van der Waals surface area contributed by atoms with E-state index in [2.05, 4.69) is 15.3 Å². The fraction of sp³-hybridized carbons (Fsp3) is 0.292. The van der Waals surface area contributed by atoms with Crippen LogP contribution in [0.3, 0.4) is 0 Å². The van der Waals surface area contributed by atoms with Crippen molar-refractivity contribution >= 4 is 17.5 Å². The number of ether oxygens (including phenoxy) is 2. The summed E-state index contributed by atoms with van der Waals surface area (Å²) in [7, 11) is 0. The van der Waals surface area contributed by atoms with E-state index in [4.69, 9.17) is 9.47 Å². The summed E-state index contributed by atoms with van der Waals surface area (Å²) in [6.45, 7) is 2.50. The fourth-order valence-corrected chi connectivity index (χ4v) is 4.12. The maximum absolute atomic E-state index is 13.0. The van der Waals surface area contributed by atoms with Crippen molar-refractivity contribution in [1.82, 2.24) is 15.3 Å². The highest BCUT2D eigenvalue weighted by Gasteiger charge is 2.36.